The van der Waals surface area contributed by atoms with Crippen molar-refractivity contribution in [2.45, 2.75) is 13.1 Å². The predicted molar refractivity (Wildman–Crippen MR) is 119 cm³/mol. The molecule has 0 aliphatic carbocycles. The van der Waals surface area contributed by atoms with Crippen LogP contribution in [-0.2, 0) is 13.1 Å². The van der Waals surface area contributed by atoms with E-state index in [0.29, 0.717) is 17.6 Å². The van der Waals surface area contributed by atoms with Crippen LogP contribution in [0.4, 0.5) is 4.39 Å². The van der Waals surface area contributed by atoms with Gasteiger partial charge in [-0.15, -0.1) is 0 Å². The molecule has 152 valence electrons. The van der Waals surface area contributed by atoms with Gasteiger partial charge in [0.15, 0.2) is 5.52 Å². The van der Waals surface area contributed by atoms with E-state index in [9.17, 15) is 14.0 Å². The number of nitrogens with zero attached hydrogens (tertiary/aromatic N) is 3. The number of pyridine rings is 1. The molecule has 5 aromatic rings. The van der Waals surface area contributed by atoms with E-state index in [1.165, 1.54) is 12.1 Å². The van der Waals surface area contributed by atoms with Gasteiger partial charge in [0.05, 0.1) is 18.6 Å². The molecule has 0 spiro atoms. The minimum absolute atomic E-state index is 0.0417. The van der Waals surface area contributed by atoms with Gasteiger partial charge in [-0.2, -0.15) is 0 Å². The number of benzene rings is 3. The van der Waals surface area contributed by atoms with Crippen molar-refractivity contribution in [3.8, 4) is 0 Å². The molecule has 2 heterocycles. The molecule has 5 nitrogen and oxygen atoms in total. The van der Waals surface area contributed by atoms with Crippen molar-refractivity contribution in [3.63, 3.8) is 0 Å². The molecule has 2 aromatic heterocycles. The Morgan fingerprint density at radius 2 is 1.55 bits per heavy atom. The van der Waals surface area contributed by atoms with Crippen molar-refractivity contribution in [3.05, 3.63) is 123 Å². The number of hydrogen-bond acceptors (Lipinski definition) is 3. The van der Waals surface area contributed by atoms with E-state index in [2.05, 4.69) is 4.98 Å². The van der Waals surface area contributed by atoms with E-state index >= 15 is 0 Å². The summed E-state index contributed by atoms with van der Waals surface area (Å²) < 4.78 is 16.0. The summed E-state index contributed by atoms with van der Waals surface area (Å²) >= 11 is 0. The van der Waals surface area contributed by atoms with Crippen LogP contribution in [0.2, 0.25) is 0 Å². The van der Waals surface area contributed by atoms with Crippen molar-refractivity contribution in [2.24, 2.45) is 0 Å². The van der Waals surface area contributed by atoms with E-state index < -0.39 is 11.2 Å². The Kier molecular flexibility index (Phi) is 4.67. The fourth-order valence-corrected chi connectivity index (χ4v) is 3.91. The van der Waals surface area contributed by atoms with Gasteiger partial charge in [-0.3, -0.25) is 13.9 Å². The molecule has 0 fully saturated rings. The van der Waals surface area contributed by atoms with E-state index in [1.807, 2.05) is 42.5 Å². The van der Waals surface area contributed by atoms with Crippen molar-refractivity contribution in [1.82, 2.24) is 14.1 Å². The first-order chi connectivity index (χ1) is 15.1. The highest BCUT2D eigenvalue weighted by Gasteiger charge is 2.15. The van der Waals surface area contributed by atoms with Gasteiger partial charge in [0, 0.05) is 6.20 Å². The predicted octanol–water partition coefficient (Wildman–Crippen LogP) is 3.95. The maximum absolute atomic E-state index is 13.4. The second kappa shape index (κ2) is 7.65. The fraction of sp³-hybridized carbons (Fsp3) is 0.0800. The number of hydrogen-bond donors (Lipinski definition) is 0. The lowest BCUT2D eigenvalue weighted by molar-refractivity contribution is 0.619. The normalized spacial score (nSPS) is 11.3. The van der Waals surface area contributed by atoms with Crippen LogP contribution in [0.25, 0.3) is 21.8 Å². The summed E-state index contributed by atoms with van der Waals surface area (Å²) in [4.78, 5) is 30.7. The number of rotatable bonds is 4. The van der Waals surface area contributed by atoms with Crippen molar-refractivity contribution in [1.29, 1.82) is 0 Å². The molecule has 0 saturated heterocycles. The summed E-state index contributed by atoms with van der Waals surface area (Å²) in [5.74, 6) is -0.371. The largest absolute Gasteiger partial charge is 0.332 e. The molecule has 0 aliphatic heterocycles. The van der Waals surface area contributed by atoms with E-state index in [4.69, 9.17) is 0 Å². The van der Waals surface area contributed by atoms with Crippen LogP contribution in [-0.4, -0.2) is 14.1 Å². The van der Waals surface area contributed by atoms with E-state index in [1.54, 1.807) is 35.0 Å². The zero-order valence-corrected chi connectivity index (χ0v) is 16.5. The minimum Gasteiger partial charge on any atom is -0.287 e. The number of fused-ring (bicyclic) bond motifs is 2. The third-order valence-corrected chi connectivity index (χ3v) is 5.45. The van der Waals surface area contributed by atoms with E-state index in [0.717, 1.165) is 20.9 Å². The summed E-state index contributed by atoms with van der Waals surface area (Å²) in [5, 5.41) is 2.13. The molecular formula is C25H18FN3O2. The van der Waals surface area contributed by atoms with Crippen molar-refractivity contribution >= 4 is 21.8 Å². The topological polar surface area (TPSA) is 56.9 Å². The van der Waals surface area contributed by atoms with Crippen LogP contribution < -0.4 is 11.2 Å². The average molecular weight is 411 g/mol. The number of halogens is 1. The molecule has 6 heteroatoms. The summed E-state index contributed by atoms with van der Waals surface area (Å²) in [6, 6.07) is 23.1. The quantitative estimate of drug-likeness (QED) is 0.450. The lowest BCUT2D eigenvalue weighted by atomic mass is 10.0. The maximum atomic E-state index is 13.4. The van der Waals surface area contributed by atoms with Crippen LogP contribution in [0.5, 0.6) is 0 Å². The Morgan fingerprint density at radius 3 is 2.39 bits per heavy atom. The third-order valence-electron chi connectivity index (χ3n) is 5.45. The van der Waals surface area contributed by atoms with Gasteiger partial charge in [-0.05, 0) is 46.2 Å². The summed E-state index contributed by atoms with van der Waals surface area (Å²) in [6.45, 7) is 0.339. The van der Waals surface area contributed by atoms with Gasteiger partial charge in [0.1, 0.15) is 5.82 Å². The zero-order chi connectivity index (χ0) is 21.4. The van der Waals surface area contributed by atoms with Crippen LogP contribution >= 0.6 is 0 Å². The van der Waals surface area contributed by atoms with Crippen LogP contribution in [0.1, 0.15) is 11.1 Å². The lowest BCUT2D eigenvalue weighted by Gasteiger charge is -2.15. The second-order valence-corrected chi connectivity index (χ2v) is 7.40. The van der Waals surface area contributed by atoms with Crippen LogP contribution in [0.15, 0.2) is 94.6 Å². The molecule has 0 amide bonds. The molecule has 0 radical (unpaired) electrons. The van der Waals surface area contributed by atoms with Gasteiger partial charge in [0.25, 0.3) is 5.56 Å². The van der Waals surface area contributed by atoms with Crippen LogP contribution in [0, 0.1) is 5.82 Å². The van der Waals surface area contributed by atoms with Crippen molar-refractivity contribution in [2.75, 3.05) is 0 Å². The first-order valence-corrected chi connectivity index (χ1v) is 9.91. The Morgan fingerprint density at radius 1 is 0.774 bits per heavy atom. The fourth-order valence-electron chi connectivity index (χ4n) is 3.91. The Labute approximate surface area is 176 Å². The highest BCUT2D eigenvalue weighted by atomic mass is 19.1. The van der Waals surface area contributed by atoms with E-state index in [-0.39, 0.29) is 17.9 Å². The van der Waals surface area contributed by atoms with Gasteiger partial charge in [0.2, 0.25) is 0 Å². The first-order valence-electron chi connectivity index (χ1n) is 9.91. The standard InChI is InChI=1S/C25H18FN3O2/c26-20-12-10-17(11-13-20)15-29-24(30)23-22(9-4-14-27-23)28(25(29)31)16-19-7-3-6-18-5-1-2-8-21(18)19/h1-14H,15-16H2. The number of aromatic nitrogens is 3. The highest BCUT2D eigenvalue weighted by Crippen LogP contribution is 2.20. The molecule has 5 rings (SSSR count). The Hall–Kier alpha value is -4.06. The average Bonchev–Trinajstić information content (AvgIpc) is 2.81. The van der Waals surface area contributed by atoms with Gasteiger partial charge in [-0.25, -0.2) is 14.2 Å². The molecule has 0 saturated carbocycles. The summed E-state index contributed by atoms with van der Waals surface area (Å²) in [5.41, 5.74) is 1.46. The highest BCUT2D eigenvalue weighted by molar-refractivity contribution is 5.85. The minimum atomic E-state index is -0.459. The molecule has 0 atom stereocenters. The SMILES string of the molecule is O=c1c2ncccc2n(Cc2cccc3ccccc23)c(=O)n1Cc1ccc(F)cc1. The smallest absolute Gasteiger partial charge is 0.287 e. The van der Waals surface area contributed by atoms with Crippen molar-refractivity contribution < 1.29 is 4.39 Å². The molecule has 3 aromatic carbocycles. The second-order valence-electron chi connectivity index (χ2n) is 7.40. The molecule has 31 heavy (non-hydrogen) atoms. The summed E-state index contributed by atoms with van der Waals surface area (Å²) in [7, 11) is 0. The van der Waals surface area contributed by atoms with Crippen LogP contribution in [0.3, 0.4) is 0 Å². The first kappa shape index (κ1) is 18.9. The molecular weight excluding hydrogens is 393 g/mol. The molecule has 0 bridgehead atoms. The molecule has 0 aliphatic rings. The lowest BCUT2D eigenvalue weighted by Crippen LogP contribution is -2.40. The monoisotopic (exact) mass is 411 g/mol. The zero-order valence-electron chi connectivity index (χ0n) is 16.5. The van der Waals surface area contributed by atoms with Gasteiger partial charge >= 0.3 is 5.69 Å². The Bertz CT molecular complexity index is 1530. The van der Waals surface area contributed by atoms with Gasteiger partial charge in [-0.1, -0.05) is 54.6 Å². The summed E-state index contributed by atoms with van der Waals surface area (Å²) in [6.07, 6.45) is 1.54. The molecule has 0 unspecified atom stereocenters. The van der Waals surface area contributed by atoms with Gasteiger partial charge < -0.3 is 0 Å². The Balaban J connectivity index is 1.71. The maximum Gasteiger partial charge on any atom is 0.332 e. The molecule has 0 N–H and O–H groups in total. The third kappa shape index (κ3) is 3.42.